The van der Waals surface area contributed by atoms with Gasteiger partial charge in [-0.2, -0.15) is 5.10 Å². The van der Waals surface area contributed by atoms with Crippen LogP contribution >= 0.6 is 0 Å². The highest BCUT2D eigenvalue weighted by atomic mass is 16.5. The topological polar surface area (TPSA) is 134 Å². The summed E-state index contributed by atoms with van der Waals surface area (Å²) in [4.78, 5) is 23.0. The highest BCUT2D eigenvalue weighted by Gasteiger charge is 2.28. The summed E-state index contributed by atoms with van der Waals surface area (Å²) in [5.41, 5.74) is 16.0. The van der Waals surface area contributed by atoms with Gasteiger partial charge in [-0.1, -0.05) is 0 Å². The minimum atomic E-state index is -0.607. The first-order valence-electron chi connectivity index (χ1n) is 12.9. The molecular weight excluding hydrogens is 494 g/mol. The maximum absolute atomic E-state index is 12.3. The van der Waals surface area contributed by atoms with Crippen LogP contribution < -0.4 is 20.9 Å². The van der Waals surface area contributed by atoms with E-state index in [1.54, 1.807) is 17.1 Å². The molecule has 2 aromatic carbocycles. The van der Waals surface area contributed by atoms with Crippen molar-refractivity contribution in [2.75, 3.05) is 25.9 Å². The highest BCUT2D eigenvalue weighted by molar-refractivity contribution is 5.97. The largest absolute Gasteiger partial charge is 0.489 e. The third-order valence-corrected chi connectivity index (χ3v) is 6.87. The number of aromatic nitrogens is 4. The number of amides is 1. The van der Waals surface area contributed by atoms with E-state index < -0.39 is 5.91 Å². The second-order valence-electron chi connectivity index (χ2n) is 10.0. The zero-order valence-electron chi connectivity index (χ0n) is 22.4. The van der Waals surface area contributed by atoms with Crippen LogP contribution in [0.4, 0.5) is 5.69 Å². The van der Waals surface area contributed by atoms with E-state index in [4.69, 9.17) is 26.0 Å². The molecule has 0 saturated carbocycles. The van der Waals surface area contributed by atoms with Gasteiger partial charge in [-0.15, -0.1) is 0 Å². The minimum absolute atomic E-state index is 0.194. The van der Waals surface area contributed by atoms with E-state index in [-0.39, 0.29) is 11.6 Å². The van der Waals surface area contributed by atoms with Crippen molar-refractivity contribution in [2.45, 2.75) is 39.2 Å². The summed E-state index contributed by atoms with van der Waals surface area (Å²) in [5.74, 6) is 2.25. The van der Waals surface area contributed by atoms with Crippen molar-refractivity contribution >= 4 is 11.6 Å². The van der Waals surface area contributed by atoms with Crippen LogP contribution in [-0.4, -0.2) is 50.7 Å². The smallest absolute Gasteiger partial charge is 0.269 e. The molecule has 0 radical (unpaired) electrons. The van der Waals surface area contributed by atoms with Crippen LogP contribution in [0.5, 0.6) is 17.2 Å². The number of aryl methyl sites for hydroxylation is 2. The van der Waals surface area contributed by atoms with Crippen LogP contribution in [0.2, 0.25) is 0 Å². The molecule has 39 heavy (non-hydrogen) atoms. The van der Waals surface area contributed by atoms with Gasteiger partial charge in [0.1, 0.15) is 29.7 Å². The second kappa shape index (κ2) is 11.1. The number of rotatable bonds is 8. The van der Waals surface area contributed by atoms with E-state index in [1.165, 1.54) is 0 Å². The first-order valence-corrected chi connectivity index (χ1v) is 12.9. The average molecular weight is 528 g/mol. The fourth-order valence-corrected chi connectivity index (χ4v) is 4.76. The zero-order chi connectivity index (χ0) is 27.5. The fourth-order valence-electron chi connectivity index (χ4n) is 4.76. The molecular formula is C29H33N7O3. The highest BCUT2D eigenvalue weighted by Crippen LogP contribution is 2.34. The molecule has 202 valence electrons. The molecule has 4 aromatic rings. The Labute approximate surface area is 227 Å². The van der Waals surface area contributed by atoms with Crippen molar-refractivity contribution in [3.05, 3.63) is 83.2 Å². The number of nitrogens with zero attached hydrogens (tertiary/aromatic N) is 5. The van der Waals surface area contributed by atoms with E-state index in [0.717, 1.165) is 48.6 Å². The van der Waals surface area contributed by atoms with Crippen molar-refractivity contribution in [3.8, 4) is 22.9 Å². The van der Waals surface area contributed by atoms with Crippen LogP contribution in [0.3, 0.4) is 0 Å². The molecule has 10 nitrogen and oxygen atoms in total. The van der Waals surface area contributed by atoms with E-state index in [0.29, 0.717) is 35.2 Å². The number of benzene rings is 2. The van der Waals surface area contributed by atoms with Crippen LogP contribution in [0.1, 0.15) is 51.9 Å². The molecule has 5 rings (SSSR count). The number of nitrogen functional groups attached to an aromatic ring is 1. The molecule has 1 fully saturated rings. The number of hydrogen-bond donors (Lipinski definition) is 2. The molecule has 0 spiro atoms. The van der Waals surface area contributed by atoms with Crippen LogP contribution in [0.15, 0.2) is 54.9 Å². The summed E-state index contributed by atoms with van der Waals surface area (Å²) in [6, 6.07) is 13.0. The summed E-state index contributed by atoms with van der Waals surface area (Å²) >= 11 is 0. The van der Waals surface area contributed by atoms with Gasteiger partial charge in [0, 0.05) is 29.9 Å². The zero-order valence-corrected chi connectivity index (χ0v) is 22.4. The summed E-state index contributed by atoms with van der Waals surface area (Å²) in [6.07, 6.45) is 5.38. The number of piperidine rings is 1. The predicted molar refractivity (Wildman–Crippen MR) is 148 cm³/mol. The number of likely N-dealkylation sites (tertiary alicyclic amines) is 1. The molecule has 2 aromatic heterocycles. The van der Waals surface area contributed by atoms with Gasteiger partial charge in [0.2, 0.25) is 0 Å². The van der Waals surface area contributed by atoms with E-state index in [9.17, 15) is 4.79 Å². The third kappa shape index (κ3) is 6.01. The predicted octanol–water partition coefficient (Wildman–Crippen LogP) is 4.14. The van der Waals surface area contributed by atoms with Gasteiger partial charge in [-0.3, -0.25) is 4.79 Å². The molecule has 1 amide bonds. The van der Waals surface area contributed by atoms with Gasteiger partial charge in [0.15, 0.2) is 5.69 Å². The second-order valence-corrected chi connectivity index (χ2v) is 10.0. The summed E-state index contributed by atoms with van der Waals surface area (Å²) in [5, 5.41) is 4.74. The number of nitrogens with two attached hydrogens (primary N) is 2. The lowest BCUT2D eigenvalue weighted by Crippen LogP contribution is -2.29. The Balaban J connectivity index is 1.32. The Morgan fingerprint density at radius 3 is 2.33 bits per heavy atom. The Kier molecular flexibility index (Phi) is 7.47. The van der Waals surface area contributed by atoms with Crippen LogP contribution in [-0.2, 0) is 6.61 Å². The van der Waals surface area contributed by atoms with Gasteiger partial charge >= 0.3 is 0 Å². The molecule has 4 N–H and O–H groups in total. The van der Waals surface area contributed by atoms with Crippen molar-refractivity contribution in [1.29, 1.82) is 0 Å². The first-order chi connectivity index (χ1) is 18.8. The Morgan fingerprint density at radius 1 is 1.00 bits per heavy atom. The van der Waals surface area contributed by atoms with Crippen molar-refractivity contribution < 1.29 is 14.3 Å². The molecule has 1 aliphatic rings. The lowest BCUT2D eigenvalue weighted by atomic mass is 9.93. The van der Waals surface area contributed by atoms with Gasteiger partial charge in [-0.25, -0.2) is 14.6 Å². The number of anilines is 1. The Morgan fingerprint density at radius 2 is 1.67 bits per heavy atom. The van der Waals surface area contributed by atoms with E-state index >= 15 is 0 Å². The maximum Gasteiger partial charge on any atom is 0.269 e. The average Bonchev–Trinajstić information content (AvgIpc) is 3.26. The molecule has 0 atom stereocenters. The SMILES string of the molecule is Cc1cc(OCc2cnc(C)nc2)cc(Oc2ccc(-n3nc(C4CCN(C)CC4)c(N)c3C(N)=O)cc2)c1. The van der Waals surface area contributed by atoms with Crippen molar-refractivity contribution in [3.63, 3.8) is 0 Å². The number of primary amides is 1. The summed E-state index contributed by atoms with van der Waals surface area (Å²) in [7, 11) is 2.10. The molecule has 10 heteroatoms. The maximum atomic E-state index is 12.3. The van der Waals surface area contributed by atoms with Crippen molar-refractivity contribution in [1.82, 2.24) is 24.6 Å². The molecule has 0 unspecified atom stereocenters. The summed E-state index contributed by atoms with van der Waals surface area (Å²) in [6.45, 7) is 6.10. The number of carbonyl (C=O) groups is 1. The summed E-state index contributed by atoms with van der Waals surface area (Å²) < 4.78 is 13.6. The Hall–Kier alpha value is -4.44. The van der Waals surface area contributed by atoms with Gasteiger partial charge < -0.3 is 25.8 Å². The molecule has 0 bridgehead atoms. The fraction of sp³-hybridized carbons (Fsp3) is 0.310. The van der Waals surface area contributed by atoms with Gasteiger partial charge in [0.25, 0.3) is 5.91 Å². The quantitative estimate of drug-likeness (QED) is 0.349. The standard InChI is InChI=1S/C29H33N7O3/c1-18-12-24(38-17-20-15-32-19(2)33-16-20)14-25(13-18)39-23-6-4-22(5-7-23)36-28(29(31)37)26(30)27(34-36)21-8-10-35(3)11-9-21/h4-7,12-16,21H,8-11,17,30H2,1-3H3,(H2,31,37). The lowest BCUT2D eigenvalue weighted by Gasteiger charge is -2.28. The van der Waals surface area contributed by atoms with E-state index in [1.807, 2.05) is 56.3 Å². The van der Waals surface area contributed by atoms with Crippen LogP contribution in [0, 0.1) is 13.8 Å². The third-order valence-electron chi connectivity index (χ3n) is 6.87. The van der Waals surface area contributed by atoms with Crippen molar-refractivity contribution in [2.24, 2.45) is 5.73 Å². The molecule has 3 heterocycles. The molecule has 1 aliphatic heterocycles. The molecule has 0 aliphatic carbocycles. The number of ether oxygens (including phenoxy) is 2. The number of hydrogen-bond acceptors (Lipinski definition) is 8. The first kappa shape index (κ1) is 26.2. The minimum Gasteiger partial charge on any atom is -0.489 e. The Bertz CT molecular complexity index is 1460. The van der Waals surface area contributed by atoms with Crippen LogP contribution in [0.25, 0.3) is 5.69 Å². The normalized spacial score (nSPS) is 14.3. The van der Waals surface area contributed by atoms with Gasteiger partial charge in [-0.05, 0) is 88.8 Å². The molecule has 1 saturated heterocycles. The number of carbonyl (C=O) groups excluding carboxylic acids is 1. The van der Waals surface area contributed by atoms with Gasteiger partial charge in [0.05, 0.1) is 17.1 Å². The monoisotopic (exact) mass is 527 g/mol. The van der Waals surface area contributed by atoms with E-state index in [2.05, 4.69) is 21.9 Å². The lowest BCUT2D eigenvalue weighted by molar-refractivity contribution is 0.0994.